The van der Waals surface area contributed by atoms with Gasteiger partial charge in [0.05, 0.1) is 30.2 Å². The maximum atomic E-state index is 15.0. The first kappa shape index (κ1) is 23.9. The summed E-state index contributed by atoms with van der Waals surface area (Å²) in [5, 5.41) is 18.7. The molecule has 3 N–H and O–H groups in total. The number of likely N-dealkylation sites (tertiary alicyclic amines) is 1. The van der Waals surface area contributed by atoms with E-state index in [1.165, 1.54) is 11.8 Å². The molecule has 0 saturated carbocycles. The molecule has 1 amide bonds. The van der Waals surface area contributed by atoms with E-state index in [0.29, 0.717) is 43.2 Å². The zero-order valence-corrected chi connectivity index (χ0v) is 20.2. The maximum absolute atomic E-state index is 15.0. The molecule has 3 aromatic rings. The molecule has 35 heavy (non-hydrogen) atoms. The smallest absolute Gasteiger partial charge is 0.234 e. The molecule has 2 aromatic heterocycles. The van der Waals surface area contributed by atoms with E-state index in [0.717, 1.165) is 27.1 Å². The number of aliphatic hydroxyl groups excluding tert-OH is 1. The minimum Gasteiger partial charge on any atom is -0.497 e. The lowest BCUT2D eigenvalue weighted by atomic mass is 10.00. The third kappa shape index (κ3) is 5.40. The van der Waals surface area contributed by atoms with Crippen LogP contribution in [0.4, 0.5) is 10.1 Å². The number of aromatic nitrogens is 2. The number of alkyl halides is 1. The van der Waals surface area contributed by atoms with E-state index >= 15 is 4.39 Å². The van der Waals surface area contributed by atoms with Crippen LogP contribution in [0.2, 0.25) is 0 Å². The third-order valence-electron chi connectivity index (χ3n) is 6.49. The van der Waals surface area contributed by atoms with Crippen molar-refractivity contribution in [2.24, 2.45) is 0 Å². The van der Waals surface area contributed by atoms with Gasteiger partial charge < -0.3 is 20.5 Å². The zero-order chi connectivity index (χ0) is 24.4. The van der Waals surface area contributed by atoms with E-state index in [4.69, 9.17) is 4.74 Å². The number of β-amino-alcohol motifs (C(OH)–C–C–N with tert-alkyl or cyclic N) is 1. The lowest BCUT2D eigenvalue weighted by molar-refractivity contribution is -0.113. The summed E-state index contributed by atoms with van der Waals surface area (Å²) >= 11 is 1.42. The van der Waals surface area contributed by atoms with Crippen molar-refractivity contribution in [3.8, 4) is 5.75 Å². The van der Waals surface area contributed by atoms with E-state index in [1.807, 2.05) is 29.2 Å². The molecule has 2 unspecified atom stereocenters. The Hall–Kier alpha value is -2.79. The summed E-state index contributed by atoms with van der Waals surface area (Å²) in [6.45, 7) is 1.74. The average Bonchev–Trinajstić information content (AvgIpc) is 2.87. The molecule has 0 bridgehead atoms. The van der Waals surface area contributed by atoms with Gasteiger partial charge in [-0.25, -0.2) is 9.37 Å². The van der Waals surface area contributed by atoms with Gasteiger partial charge in [-0.15, -0.1) is 0 Å². The van der Waals surface area contributed by atoms with Gasteiger partial charge in [0, 0.05) is 43.5 Å². The standard InChI is InChI=1S/C25H28FN5O3S/c1-34-16-2-3-20-18(9-16)17(4-6-27-20)23(32)13-31-7-5-21(19(26)12-31)28-10-15-8-22-25(29-11-15)35-14-24(33)30-22/h2-4,6,8-9,11,19,21,23,28,32H,5,7,10,12-14H2,1H3,(H,30,33)/t19?,21?,23-/m0/s1. The summed E-state index contributed by atoms with van der Waals surface area (Å²) in [6.07, 6.45) is 2.25. The number of pyridine rings is 2. The molecule has 10 heteroatoms. The fourth-order valence-electron chi connectivity index (χ4n) is 4.64. The predicted molar refractivity (Wildman–Crippen MR) is 133 cm³/mol. The number of ether oxygens (including phenoxy) is 1. The number of hydrogen-bond acceptors (Lipinski definition) is 8. The number of aliphatic hydroxyl groups is 1. The number of piperidine rings is 1. The van der Waals surface area contributed by atoms with Crippen LogP contribution in [0, 0.1) is 0 Å². The number of carbonyl (C=O) groups excluding carboxylic acids is 1. The van der Waals surface area contributed by atoms with Crippen LogP contribution in [0.5, 0.6) is 5.75 Å². The predicted octanol–water partition coefficient (Wildman–Crippen LogP) is 2.92. The van der Waals surface area contributed by atoms with Gasteiger partial charge in [-0.3, -0.25) is 14.7 Å². The van der Waals surface area contributed by atoms with Gasteiger partial charge in [-0.1, -0.05) is 11.8 Å². The molecular formula is C25H28FN5O3S. The van der Waals surface area contributed by atoms with Gasteiger partial charge in [0.25, 0.3) is 0 Å². The molecule has 1 aromatic carbocycles. The SMILES string of the molecule is COc1ccc2nccc([C@@H](O)CN3CCC(NCc4cnc5c(c4)NC(=O)CS5)C(F)C3)c2c1. The summed E-state index contributed by atoms with van der Waals surface area (Å²) in [7, 11) is 1.60. The third-order valence-corrected chi connectivity index (χ3v) is 7.49. The number of nitrogens with zero attached hydrogens (tertiary/aromatic N) is 3. The Morgan fingerprint density at radius 1 is 1.34 bits per heavy atom. The van der Waals surface area contributed by atoms with Crippen LogP contribution in [-0.4, -0.2) is 70.6 Å². The van der Waals surface area contributed by atoms with Crippen LogP contribution in [0.25, 0.3) is 10.9 Å². The normalized spacial score (nSPS) is 21.4. The molecule has 4 heterocycles. The van der Waals surface area contributed by atoms with E-state index in [-0.39, 0.29) is 18.5 Å². The lowest BCUT2D eigenvalue weighted by Crippen LogP contribution is -2.51. The molecule has 1 saturated heterocycles. The van der Waals surface area contributed by atoms with Crippen LogP contribution in [0.1, 0.15) is 23.7 Å². The van der Waals surface area contributed by atoms with Gasteiger partial charge >= 0.3 is 0 Å². The van der Waals surface area contributed by atoms with E-state index in [2.05, 4.69) is 20.6 Å². The Balaban J connectivity index is 1.17. The number of fused-ring (bicyclic) bond motifs is 2. The summed E-state index contributed by atoms with van der Waals surface area (Å²) in [4.78, 5) is 22.4. The van der Waals surface area contributed by atoms with Crippen LogP contribution in [0.15, 0.2) is 47.8 Å². The molecule has 0 spiro atoms. The minimum absolute atomic E-state index is 0.0355. The number of amides is 1. The number of carbonyl (C=O) groups is 1. The highest BCUT2D eigenvalue weighted by atomic mass is 32.2. The quantitative estimate of drug-likeness (QED) is 0.458. The van der Waals surface area contributed by atoms with Gasteiger partial charge in [0.15, 0.2) is 0 Å². The first-order chi connectivity index (χ1) is 17.0. The highest BCUT2D eigenvalue weighted by Crippen LogP contribution is 2.30. The summed E-state index contributed by atoms with van der Waals surface area (Å²) in [6, 6.07) is 8.99. The number of rotatable bonds is 7. The molecule has 8 nitrogen and oxygen atoms in total. The number of halogens is 1. The highest BCUT2D eigenvalue weighted by Gasteiger charge is 2.30. The van der Waals surface area contributed by atoms with E-state index < -0.39 is 12.3 Å². The molecule has 3 atom stereocenters. The van der Waals surface area contributed by atoms with E-state index in [9.17, 15) is 9.90 Å². The summed E-state index contributed by atoms with van der Waals surface area (Å²) in [5.74, 6) is 1.04. The van der Waals surface area contributed by atoms with Crippen LogP contribution in [-0.2, 0) is 11.3 Å². The molecular weight excluding hydrogens is 469 g/mol. The Morgan fingerprint density at radius 3 is 3.06 bits per heavy atom. The van der Waals surface area contributed by atoms with Crippen LogP contribution < -0.4 is 15.4 Å². The number of thioether (sulfide) groups is 1. The average molecular weight is 498 g/mol. The van der Waals surface area contributed by atoms with Crippen molar-refractivity contribution in [1.82, 2.24) is 20.2 Å². The number of nitrogens with one attached hydrogen (secondary N) is 2. The van der Waals surface area contributed by atoms with Crippen molar-refractivity contribution in [1.29, 1.82) is 0 Å². The van der Waals surface area contributed by atoms with Crippen molar-refractivity contribution in [3.05, 3.63) is 53.9 Å². The van der Waals surface area contributed by atoms with Gasteiger partial charge in [-0.05, 0) is 54.4 Å². The van der Waals surface area contributed by atoms with Gasteiger partial charge in [-0.2, -0.15) is 0 Å². The number of anilines is 1. The minimum atomic E-state index is -1.06. The fourth-order valence-corrected chi connectivity index (χ4v) is 5.37. The van der Waals surface area contributed by atoms with Crippen LogP contribution >= 0.6 is 11.8 Å². The fraction of sp³-hybridized carbons (Fsp3) is 0.400. The highest BCUT2D eigenvalue weighted by molar-refractivity contribution is 8.00. The number of benzene rings is 1. The summed E-state index contributed by atoms with van der Waals surface area (Å²) < 4.78 is 20.4. The first-order valence-corrected chi connectivity index (χ1v) is 12.6. The first-order valence-electron chi connectivity index (χ1n) is 11.6. The Kier molecular flexibility index (Phi) is 7.14. The molecule has 0 radical (unpaired) electrons. The number of methoxy groups -OCH3 is 1. The second kappa shape index (κ2) is 10.4. The van der Waals surface area contributed by atoms with Gasteiger partial charge in [0.1, 0.15) is 16.9 Å². The largest absolute Gasteiger partial charge is 0.497 e. The second-order valence-electron chi connectivity index (χ2n) is 8.88. The number of hydrogen-bond donors (Lipinski definition) is 3. The Morgan fingerprint density at radius 2 is 2.23 bits per heavy atom. The Labute approximate surface area is 207 Å². The second-order valence-corrected chi connectivity index (χ2v) is 9.85. The molecule has 5 rings (SSSR count). The molecule has 2 aliphatic heterocycles. The van der Waals surface area contributed by atoms with Gasteiger partial charge in [0.2, 0.25) is 5.91 Å². The molecule has 2 aliphatic rings. The van der Waals surface area contributed by atoms with Crippen molar-refractivity contribution in [2.75, 3.05) is 37.8 Å². The topological polar surface area (TPSA) is 99.6 Å². The van der Waals surface area contributed by atoms with Crippen molar-refractivity contribution >= 4 is 34.3 Å². The van der Waals surface area contributed by atoms with Crippen molar-refractivity contribution in [2.45, 2.75) is 36.3 Å². The molecule has 0 aliphatic carbocycles. The van der Waals surface area contributed by atoms with Crippen molar-refractivity contribution in [3.63, 3.8) is 0 Å². The lowest BCUT2D eigenvalue weighted by Gasteiger charge is -2.36. The zero-order valence-electron chi connectivity index (χ0n) is 19.4. The summed E-state index contributed by atoms with van der Waals surface area (Å²) in [5.41, 5.74) is 3.15. The molecule has 184 valence electrons. The van der Waals surface area contributed by atoms with Crippen LogP contribution in [0.3, 0.4) is 0 Å². The molecule has 1 fully saturated rings. The van der Waals surface area contributed by atoms with Crippen molar-refractivity contribution < 1.29 is 19.0 Å². The monoisotopic (exact) mass is 497 g/mol. The Bertz CT molecular complexity index is 1230. The van der Waals surface area contributed by atoms with E-state index in [1.54, 1.807) is 25.6 Å². The maximum Gasteiger partial charge on any atom is 0.234 e.